The summed E-state index contributed by atoms with van der Waals surface area (Å²) in [5.74, 6) is 0. The van der Waals surface area contributed by atoms with Crippen molar-refractivity contribution in [2.45, 2.75) is 32.9 Å². The SMILES string of the molecule is CCCC1=C(C)NC(c2ccccc2)N1. The first-order valence-electron chi connectivity index (χ1n) is 5.59. The van der Waals surface area contributed by atoms with Gasteiger partial charge in [-0.3, -0.25) is 0 Å². The summed E-state index contributed by atoms with van der Waals surface area (Å²) in [5, 5.41) is 7.00. The minimum Gasteiger partial charge on any atom is -0.364 e. The van der Waals surface area contributed by atoms with Gasteiger partial charge in [-0.05, 0) is 18.9 Å². The first-order valence-corrected chi connectivity index (χ1v) is 5.59. The van der Waals surface area contributed by atoms with Crippen molar-refractivity contribution in [3.63, 3.8) is 0 Å². The van der Waals surface area contributed by atoms with Gasteiger partial charge in [0.05, 0.1) is 0 Å². The van der Waals surface area contributed by atoms with Gasteiger partial charge in [-0.15, -0.1) is 0 Å². The van der Waals surface area contributed by atoms with Crippen LogP contribution in [0.5, 0.6) is 0 Å². The fourth-order valence-electron chi connectivity index (χ4n) is 1.94. The third-order valence-electron chi connectivity index (χ3n) is 2.76. The number of allylic oxidation sites excluding steroid dienone is 2. The van der Waals surface area contributed by atoms with Crippen molar-refractivity contribution in [1.82, 2.24) is 10.6 Å². The Morgan fingerprint density at radius 1 is 1.13 bits per heavy atom. The smallest absolute Gasteiger partial charge is 0.123 e. The molecule has 1 aromatic rings. The third kappa shape index (κ3) is 2.14. The lowest BCUT2D eigenvalue weighted by molar-refractivity contribution is 0.577. The second-order valence-corrected chi connectivity index (χ2v) is 3.99. The first-order chi connectivity index (χ1) is 7.31. The molecule has 0 aromatic heterocycles. The predicted molar refractivity (Wildman–Crippen MR) is 63.1 cm³/mol. The Kier molecular flexibility index (Phi) is 2.95. The van der Waals surface area contributed by atoms with E-state index in [1.165, 1.54) is 23.4 Å². The van der Waals surface area contributed by atoms with E-state index in [9.17, 15) is 0 Å². The van der Waals surface area contributed by atoms with Crippen LogP contribution in [0, 0.1) is 0 Å². The molecule has 1 aromatic carbocycles. The molecule has 0 aliphatic carbocycles. The number of nitrogens with one attached hydrogen (secondary N) is 2. The summed E-state index contributed by atoms with van der Waals surface area (Å²) in [6.45, 7) is 4.35. The molecule has 2 rings (SSSR count). The van der Waals surface area contributed by atoms with Gasteiger partial charge in [0.1, 0.15) is 6.17 Å². The molecule has 1 unspecified atom stereocenters. The third-order valence-corrected chi connectivity index (χ3v) is 2.76. The molecule has 2 nitrogen and oxygen atoms in total. The van der Waals surface area contributed by atoms with Crippen LogP contribution in [-0.4, -0.2) is 0 Å². The Hall–Kier alpha value is -1.44. The maximum absolute atomic E-state index is 3.53. The Morgan fingerprint density at radius 2 is 1.87 bits per heavy atom. The standard InChI is InChI=1S/C13H18N2/c1-3-7-12-10(2)14-13(15-12)11-8-5-4-6-9-11/h4-6,8-9,13-15H,3,7H2,1-2H3. The Bertz CT molecular complexity index is 354. The summed E-state index contributed by atoms with van der Waals surface area (Å²) in [6, 6.07) is 10.5. The van der Waals surface area contributed by atoms with Gasteiger partial charge in [0.2, 0.25) is 0 Å². The van der Waals surface area contributed by atoms with Gasteiger partial charge in [0.25, 0.3) is 0 Å². The van der Waals surface area contributed by atoms with Gasteiger partial charge in [0, 0.05) is 11.4 Å². The number of hydrogen-bond donors (Lipinski definition) is 2. The van der Waals surface area contributed by atoms with Crippen LogP contribution in [0.4, 0.5) is 0 Å². The van der Waals surface area contributed by atoms with Crippen molar-refractivity contribution in [3.8, 4) is 0 Å². The van der Waals surface area contributed by atoms with E-state index in [0.29, 0.717) is 0 Å². The van der Waals surface area contributed by atoms with Crippen molar-refractivity contribution in [1.29, 1.82) is 0 Å². The minimum atomic E-state index is 0.257. The van der Waals surface area contributed by atoms with E-state index in [0.717, 1.165) is 6.42 Å². The van der Waals surface area contributed by atoms with Crippen molar-refractivity contribution in [2.75, 3.05) is 0 Å². The lowest BCUT2D eigenvalue weighted by atomic mass is 10.2. The fourth-order valence-corrected chi connectivity index (χ4v) is 1.94. The van der Waals surface area contributed by atoms with Crippen LogP contribution >= 0.6 is 0 Å². The van der Waals surface area contributed by atoms with Crippen LogP contribution in [0.3, 0.4) is 0 Å². The molecular weight excluding hydrogens is 184 g/mol. The summed E-state index contributed by atoms with van der Waals surface area (Å²) in [5.41, 5.74) is 3.93. The van der Waals surface area contributed by atoms with Crippen LogP contribution in [0.1, 0.15) is 38.4 Å². The molecule has 1 aliphatic rings. The molecule has 0 amide bonds. The average molecular weight is 202 g/mol. The van der Waals surface area contributed by atoms with Crippen LogP contribution in [0.15, 0.2) is 41.7 Å². The summed E-state index contributed by atoms with van der Waals surface area (Å²) in [7, 11) is 0. The number of rotatable bonds is 3. The van der Waals surface area contributed by atoms with Crippen molar-refractivity contribution in [2.24, 2.45) is 0 Å². The molecule has 0 saturated carbocycles. The second kappa shape index (κ2) is 4.39. The topological polar surface area (TPSA) is 24.1 Å². The van der Waals surface area contributed by atoms with E-state index >= 15 is 0 Å². The van der Waals surface area contributed by atoms with Gasteiger partial charge in [-0.25, -0.2) is 0 Å². The van der Waals surface area contributed by atoms with E-state index in [1.54, 1.807) is 0 Å². The summed E-state index contributed by atoms with van der Waals surface area (Å²) in [6.07, 6.45) is 2.57. The van der Waals surface area contributed by atoms with Crippen LogP contribution in [-0.2, 0) is 0 Å². The zero-order valence-corrected chi connectivity index (χ0v) is 9.38. The monoisotopic (exact) mass is 202 g/mol. The molecule has 1 aliphatic heterocycles. The van der Waals surface area contributed by atoms with Crippen LogP contribution < -0.4 is 10.6 Å². The maximum Gasteiger partial charge on any atom is 0.123 e. The Morgan fingerprint density at radius 3 is 2.53 bits per heavy atom. The largest absolute Gasteiger partial charge is 0.364 e. The minimum absolute atomic E-state index is 0.257. The Balaban J connectivity index is 2.07. The van der Waals surface area contributed by atoms with Crippen molar-refractivity contribution >= 4 is 0 Å². The maximum atomic E-state index is 3.53. The van der Waals surface area contributed by atoms with E-state index < -0.39 is 0 Å². The van der Waals surface area contributed by atoms with Crippen LogP contribution in [0.2, 0.25) is 0 Å². The van der Waals surface area contributed by atoms with E-state index in [1.807, 2.05) is 6.07 Å². The number of benzene rings is 1. The molecule has 80 valence electrons. The highest BCUT2D eigenvalue weighted by Gasteiger charge is 2.19. The molecule has 0 bridgehead atoms. The normalized spacial score (nSPS) is 20.0. The lowest BCUT2D eigenvalue weighted by Gasteiger charge is -2.14. The fraction of sp³-hybridized carbons (Fsp3) is 0.385. The van der Waals surface area contributed by atoms with Gasteiger partial charge in [-0.1, -0.05) is 43.7 Å². The summed E-state index contributed by atoms with van der Waals surface area (Å²) < 4.78 is 0. The van der Waals surface area contributed by atoms with Gasteiger partial charge >= 0.3 is 0 Å². The van der Waals surface area contributed by atoms with Crippen molar-refractivity contribution in [3.05, 3.63) is 47.3 Å². The van der Waals surface area contributed by atoms with E-state index in [2.05, 4.69) is 48.7 Å². The molecule has 0 fully saturated rings. The first kappa shape index (κ1) is 10.1. The van der Waals surface area contributed by atoms with Gasteiger partial charge in [-0.2, -0.15) is 0 Å². The quantitative estimate of drug-likeness (QED) is 0.787. The number of hydrogen-bond acceptors (Lipinski definition) is 2. The average Bonchev–Trinajstić information content (AvgIpc) is 2.63. The molecule has 2 N–H and O–H groups in total. The predicted octanol–water partition coefficient (Wildman–Crippen LogP) is 2.91. The summed E-state index contributed by atoms with van der Waals surface area (Å²) >= 11 is 0. The van der Waals surface area contributed by atoms with Crippen LogP contribution in [0.25, 0.3) is 0 Å². The molecule has 1 heterocycles. The van der Waals surface area contributed by atoms with Gasteiger partial charge in [0.15, 0.2) is 0 Å². The summed E-state index contributed by atoms with van der Waals surface area (Å²) in [4.78, 5) is 0. The molecule has 0 radical (unpaired) electrons. The molecule has 1 atom stereocenters. The van der Waals surface area contributed by atoms with E-state index in [4.69, 9.17) is 0 Å². The zero-order chi connectivity index (χ0) is 10.7. The highest BCUT2D eigenvalue weighted by molar-refractivity contribution is 5.26. The highest BCUT2D eigenvalue weighted by atomic mass is 15.2. The molecule has 2 heteroatoms. The molecule has 15 heavy (non-hydrogen) atoms. The zero-order valence-electron chi connectivity index (χ0n) is 9.38. The molecule has 0 spiro atoms. The second-order valence-electron chi connectivity index (χ2n) is 3.99. The van der Waals surface area contributed by atoms with E-state index in [-0.39, 0.29) is 6.17 Å². The van der Waals surface area contributed by atoms with Gasteiger partial charge < -0.3 is 10.6 Å². The van der Waals surface area contributed by atoms with Crippen molar-refractivity contribution < 1.29 is 0 Å². The Labute approximate surface area is 91.4 Å². The highest BCUT2D eigenvalue weighted by Crippen LogP contribution is 2.22. The molecular formula is C13H18N2. The lowest BCUT2D eigenvalue weighted by Crippen LogP contribution is -2.23. The molecule has 0 saturated heterocycles.